The van der Waals surface area contributed by atoms with E-state index in [1.165, 1.54) is 29.9 Å². The Morgan fingerprint density at radius 3 is 2.50 bits per heavy atom. The van der Waals surface area contributed by atoms with Gasteiger partial charge in [-0.1, -0.05) is 0 Å². The van der Waals surface area contributed by atoms with Gasteiger partial charge < -0.3 is 9.47 Å². The number of azo groups is 1. The molecule has 3 rings (SSSR count). The van der Waals surface area contributed by atoms with Gasteiger partial charge in [0.1, 0.15) is 17.5 Å². The predicted octanol–water partition coefficient (Wildman–Crippen LogP) is 3.96. The highest BCUT2D eigenvalue weighted by molar-refractivity contribution is 7.93. The standard InChI is InChI=1S/C17H18F3N7O2S/c1-26-13(10-21)11-22-16(26)24-23-14-6-5-12(27-7-3-2-4-8-27)9-15(14)25-30(28,29)17(18,19)20/h5-6,9,11,25H,2-4,7-8H2,1H3. The number of anilines is 2. The lowest BCUT2D eigenvalue weighted by molar-refractivity contribution is -0.0429. The predicted molar refractivity (Wildman–Crippen MR) is 103 cm³/mol. The number of halogens is 3. The van der Waals surface area contributed by atoms with E-state index in [-0.39, 0.29) is 23.0 Å². The Labute approximate surface area is 170 Å². The Morgan fingerprint density at radius 1 is 1.20 bits per heavy atom. The largest absolute Gasteiger partial charge is 0.516 e. The molecule has 2 aromatic rings. The average Bonchev–Trinajstić information content (AvgIpc) is 3.06. The fraction of sp³-hybridized carbons (Fsp3) is 0.412. The minimum atomic E-state index is -5.65. The third kappa shape index (κ3) is 4.54. The minimum Gasteiger partial charge on any atom is -0.371 e. The van der Waals surface area contributed by atoms with Gasteiger partial charge in [-0.15, -0.1) is 10.2 Å². The summed E-state index contributed by atoms with van der Waals surface area (Å²) in [7, 11) is -4.13. The van der Waals surface area contributed by atoms with Crippen LogP contribution in [-0.2, 0) is 17.1 Å². The molecule has 160 valence electrons. The molecule has 1 fully saturated rings. The van der Waals surface area contributed by atoms with E-state index in [9.17, 15) is 21.6 Å². The number of nitrogens with zero attached hydrogens (tertiary/aromatic N) is 6. The summed E-state index contributed by atoms with van der Waals surface area (Å²) in [6, 6.07) is 6.23. The average molecular weight is 441 g/mol. The van der Waals surface area contributed by atoms with Crippen molar-refractivity contribution in [3.8, 4) is 6.07 Å². The number of hydrogen-bond donors (Lipinski definition) is 1. The third-order valence-corrected chi connectivity index (χ3v) is 5.67. The number of rotatable bonds is 5. The molecule has 0 amide bonds. The zero-order valence-electron chi connectivity index (χ0n) is 15.9. The van der Waals surface area contributed by atoms with E-state index in [1.54, 1.807) is 10.8 Å². The molecule has 0 saturated carbocycles. The van der Waals surface area contributed by atoms with Crippen molar-refractivity contribution in [3.05, 3.63) is 30.1 Å². The van der Waals surface area contributed by atoms with E-state index in [4.69, 9.17) is 5.26 Å². The first kappa shape index (κ1) is 21.6. The number of nitriles is 1. The number of alkyl halides is 3. The third-order valence-electron chi connectivity index (χ3n) is 4.58. The van der Waals surface area contributed by atoms with Crippen LogP contribution >= 0.6 is 0 Å². The summed E-state index contributed by atoms with van der Waals surface area (Å²) in [4.78, 5) is 5.86. The zero-order chi connectivity index (χ0) is 21.9. The van der Waals surface area contributed by atoms with Crippen molar-refractivity contribution >= 4 is 33.0 Å². The molecule has 0 bridgehead atoms. The summed E-state index contributed by atoms with van der Waals surface area (Å²) < 4.78 is 64.9. The maximum atomic E-state index is 12.9. The molecular formula is C17H18F3N7O2S. The Kier molecular flexibility index (Phi) is 5.97. The van der Waals surface area contributed by atoms with Crippen LogP contribution in [-0.4, -0.2) is 36.6 Å². The van der Waals surface area contributed by atoms with E-state index in [1.807, 2.05) is 11.0 Å². The molecule has 1 aliphatic rings. The maximum absolute atomic E-state index is 12.9. The van der Waals surface area contributed by atoms with Crippen LogP contribution in [0, 0.1) is 11.3 Å². The fourth-order valence-corrected chi connectivity index (χ4v) is 3.51. The Bertz CT molecular complexity index is 1100. The van der Waals surface area contributed by atoms with Crippen LogP contribution in [0.15, 0.2) is 34.6 Å². The quantitative estimate of drug-likeness (QED) is 0.705. The summed E-state index contributed by atoms with van der Waals surface area (Å²) in [6.45, 7) is 1.44. The second-order valence-corrected chi connectivity index (χ2v) is 8.29. The summed E-state index contributed by atoms with van der Waals surface area (Å²) in [5.74, 6) is 0.0382. The van der Waals surface area contributed by atoms with Gasteiger partial charge in [0.05, 0.1) is 11.9 Å². The number of piperidine rings is 1. The van der Waals surface area contributed by atoms with Crippen LogP contribution in [0.4, 0.5) is 36.2 Å². The Balaban J connectivity index is 1.99. The van der Waals surface area contributed by atoms with Crippen molar-refractivity contribution < 1.29 is 21.6 Å². The lowest BCUT2D eigenvalue weighted by atomic mass is 10.1. The number of hydrogen-bond acceptors (Lipinski definition) is 7. The van der Waals surface area contributed by atoms with Gasteiger partial charge in [-0.2, -0.15) is 26.9 Å². The first-order valence-corrected chi connectivity index (χ1v) is 10.4. The molecule has 1 N–H and O–H groups in total. The van der Waals surface area contributed by atoms with Gasteiger partial charge in [-0.05, 0) is 37.5 Å². The number of benzene rings is 1. The Morgan fingerprint density at radius 2 is 1.90 bits per heavy atom. The van der Waals surface area contributed by atoms with Crippen molar-refractivity contribution in [3.63, 3.8) is 0 Å². The molecule has 0 radical (unpaired) electrons. The van der Waals surface area contributed by atoms with Gasteiger partial charge in [0, 0.05) is 25.8 Å². The molecule has 30 heavy (non-hydrogen) atoms. The van der Waals surface area contributed by atoms with E-state index in [2.05, 4.69) is 15.2 Å². The van der Waals surface area contributed by atoms with Gasteiger partial charge in [0.25, 0.3) is 0 Å². The van der Waals surface area contributed by atoms with E-state index < -0.39 is 15.5 Å². The van der Waals surface area contributed by atoms with Crippen LogP contribution in [0.2, 0.25) is 0 Å². The van der Waals surface area contributed by atoms with Crippen LogP contribution in [0.1, 0.15) is 25.0 Å². The van der Waals surface area contributed by atoms with E-state index >= 15 is 0 Å². The summed E-state index contributed by atoms with van der Waals surface area (Å²) in [5.41, 5.74) is -5.16. The van der Waals surface area contributed by atoms with Gasteiger partial charge in [-0.3, -0.25) is 4.72 Å². The summed E-state index contributed by atoms with van der Waals surface area (Å²) in [5, 5.41) is 16.6. The van der Waals surface area contributed by atoms with Crippen LogP contribution < -0.4 is 9.62 Å². The zero-order valence-corrected chi connectivity index (χ0v) is 16.7. The first-order valence-electron chi connectivity index (χ1n) is 8.94. The van der Waals surface area contributed by atoms with Gasteiger partial charge in [0.2, 0.25) is 5.95 Å². The highest BCUT2D eigenvalue weighted by Gasteiger charge is 2.46. The number of imidazole rings is 1. The second-order valence-electron chi connectivity index (χ2n) is 6.61. The molecule has 0 atom stereocenters. The van der Waals surface area contributed by atoms with Crippen LogP contribution in [0.5, 0.6) is 0 Å². The normalized spacial score (nSPS) is 15.4. The molecule has 0 spiro atoms. The van der Waals surface area contributed by atoms with Crippen molar-refractivity contribution in [1.29, 1.82) is 5.26 Å². The molecule has 1 saturated heterocycles. The smallest absolute Gasteiger partial charge is 0.371 e. The number of aromatic nitrogens is 2. The molecule has 0 aliphatic carbocycles. The first-order chi connectivity index (χ1) is 14.1. The molecule has 1 aromatic carbocycles. The second kappa shape index (κ2) is 8.31. The molecule has 2 heterocycles. The van der Waals surface area contributed by atoms with Crippen molar-refractivity contribution in [2.24, 2.45) is 17.3 Å². The molecular weight excluding hydrogens is 423 g/mol. The Hall–Kier alpha value is -3.14. The van der Waals surface area contributed by atoms with Crippen molar-refractivity contribution in [1.82, 2.24) is 9.55 Å². The van der Waals surface area contributed by atoms with Crippen LogP contribution in [0.3, 0.4) is 0 Å². The maximum Gasteiger partial charge on any atom is 0.516 e. The van der Waals surface area contributed by atoms with Crippen LogP contribution in [0.25, 0.3) is 0 Å². The highest BCUT2D eigenvalue weighted by Crippen LogP contribution is 2.35. The van der Waals surface area contributed by atoms with Crippen molar-refractivity contribution in [2.75, 3.05) is 22.7 Å². The van der Waals surface area contributed by atoms with Crippen molar-refractivity contribution in [2.45, 2.75) is 24.8 Å². The number of sulfonamides is 1. The molecule has 0 unspecified atom stereocenters. The minimum absolute atomic E-state index is 0.0382. The number of nitrogens with one attached hydrogen (secondary N) is 1. The molecule has 1 aliphatic heterocycles. The molecule has 9 nitrogen and oxygen atoms in total. The SMILES string of the molecule is Cn1c(C#N)cnc1N=Nc1ccc(N2CCCCC2)cc1NS(=O)(=O)C(F)(F)F. The summed E-state index contributed by atoms with van der Waals surface area (Å²) >= 11 is 0. The highest BCUT2D eigenvalue weighted by atomic mass is 32.2. The van der Waals surface area contributed by atoms with E-state index in [0.29, 0.717) is 5.69 Å². The topological polar surface area (TPSA) is 116 Å². The molecule has 13 heteroatoms. The van der Waals surface area contributed by atoms with E-state index in [0.717, 1.165) is 32.4 Å². The van der Waals surface area contributed by atoms with Gasteiger partial charge in [0.15, 0.2) is 0 Å². The lowest BCUT2D eigenvalue weighted by Crippen LogP contribution is -2.31. The summed E-state index contributed by atoms with van der Waals surface area (Å²) in [6.07, 6.45) is 4.20. The lowest BCUT2D eigenvalue weighted by Gasteiger charge is -2.29. The van der Waals surface area contributed by atoms with Gasteiger partial charge >= 0.3 is 15.5 Å². The van der Waals surface area contributed by atoms with Gasteiger partial charge in [-0.25, -0.2) is 4.98 Å². The monoisotopic (exact) mass is 441 g/mol. The fourth-order valence-electron chi connectivity index (χ4n) is 2.94. The molecule has 1 aromatic heterocycles.